The molecule has 0 aliphatic carbocycles. The Labute approximate surface area is 160 Å². The van der Waals surface area contributed by atoms with Crippen LogP contribution >= 0.6 is 0 Å². The molecular weight excluding hydrogens is 440 g/mol. The maximum absolute atomic E-state index is 14.0. The molecule has 26 heavy (non-hydrogen) atoms. The fourth-order valence-corrected chi connectivity index (χ4v) is 6.59. The summed E-state index contributed by atoms with van der Waals surface area (Å²) in [7, 11) is 0. The van der Waals surface area contributed by atoms with Crippen molar-refractivity contribution in [2.45, 2.75) is 72.9 Å². The van der Waals surface area contributed by atoms with Crippen LogP contribution in [0.5, 0.6) is 0 Å². The number of hydrogen-bond donors (Lipinski definition) is 0. The van der Waals surface area contributed by atoms with Crippen LogP contribution < -0.4 is 3.58 Å². The molecule has 1 aliphatic heterocycles. The van der Waals surface area contributed by atoms with Gasteiger partial charge in [-0.2, -0.15) is 0 Å². The van der Waals surface area contributed by atoms with Gasteiger partial charge in [-0.1, -0.05) is 0 Å². The van der Waals surface area contributed by atoms with Crippen LogP contribution in [0.15, 0.2) is 24.3 Å². The molecule has 1 fully saturated rings. The van der Waals surface area contributed by atoms with Crippen molar-refractivity contribution in [1.82, 2.24) is 4.90 Å². The van der Waals surface area contributed by atoms with Crippen LogP contribution in [0.1, 0.15) is 46.3 Å². The number of hydrogen-bond acceptors (Lipinski definition) is 3. The SMILES string of the molecule is CC(C)(C)OC(=O)N1C(CF)C(c2cc[c]([Sn]([CH3])([CH3])[CH3])cc2)OC1(C)C. The van der Waals surface area contributed by atoms with E-state index in [4.69, 9.17) is 9.47 Å². The van der Waals surface area contributed by atoms with E-state index in [1.54, 1.807) is 34.6 Å². The van der Waals surface area contributed by atoms with Crippen LogP contribution in [-0.2, 0) is 9.47 Å². The molecule has 2 unspecified atom stereocenters. The second-order valence-corrected chi connectivity index (χ2v) is 23.9. The predicted molar refractivity (Wildman–Crippen MR) is 105 cm³/mol. The summed E-state index contributed by atoms with van der Waals surface area (Å²) in [4.78, 5) is 21.1. The molecule has 0 bridgehead atoms. The zero-order valence-corrected chi connectivity index (χ0v) is 20.1. The van der Waals surface area contributed by atoms with Gasteiger partial charge in [-0.05, 0) is 0 Å². The van der Waals surface area contributed by atoms with Crippen LogP contribution in [0.4, 0.5) is 9.18 Å². The van der Waals surface area contributed by atoms with E-state index in [1.165, 1.54) is 8.48 Å². The predicted octanol–water partition coefficient (Wildman–Crippen LogP) is 4.61. The van der Waals surface area contributed by atoms with Crippen LogP contribution in [0, 0.1) is 0 Å². The van der Waals surface area contributed by atoms with Crippen LogP contribution in [0.3, 0.4) is 0 Å². The van der Waals surface area contributed by atoms with Gasteiger partial charge < -0.3 is 0 Å². The fourth-order valence-electron chi connectivity index (χ4n) is 3.26. The van der Waals surface area contributed by atoms with Gasteiger partial charge in [0.15, 0.2) is 0 Å². The van der Waals surface area contributed by atoms with Crippen molar-refractivity contribution in [1.29, 1.82) is 0 Å². The van der Waals surface area contributed by atoms with E-state index in [0.29, 0.717) is 0 Å². The molecule has 2 rings (SSSR count). The quantitative estimate of drug-likeness (QED) is 0.604. The summed E-state index contributed by atoms with van der Waals surface area (Å²) < 4.78 is 27.0. The first-order valence-corrected chi connectivity index (χ1v) is 19.1. The van der Waals surface area contributed by atoms with Gasteiger partial charge in [0.1, 0.15) is 0 Å². The molecule has 1 amide bonds. The Morgan fingerprint density at radius 2 is 1.77 bits per heavy atom. The molecule has 2 atom stereocenters. The summed E-state index contributed by atoms with van der Waals surface area (Å²) in [6.45, 7) is 8.27. The van der Waals surface area contributed by atoms with Gasteiger partial charge in [-0.15, -0.1) is 0 Å². The summed E-state index contributed by atoms with van der Waals surface area (Å²) in [5.74, 6) is 0. The molecule has 1 aliphatic rings. The van der Waals surface area contributed by atoms with Crippen LogP contribution in [0.2, 0.25) is 14.8 Å². The summed E-state index contributed by atoms with van der Waals surface area (Å²) in [6, 6.07) is 7.59. The summed E-state index contributed by atoms with van der Waals surface area (Å²) in [5.41, 5.74) is -0.690. The monoisotopic (exact) mass is 473 g/mol. The van der Waals surface area contributed by atoms with E-state index in [2.05, 4.69) is 27.0 Å². The van der Waals surface area contributed by atoms with Crippen LogP contribution in [0.25, 0.3) is 0 Å². The Bertz CT molecular complexity index is 647. The van der Waals surface area contributed by atoms with E-state index in [-0.39, 0.29) is 0 Å². The topological polar surface area (TPSA) is 38.8 Å². The van der Waals surface area contributed by atoms with E-state index in [0.717, 1.165) is 5.56 Å². The van der Waals surface area contributed by atoms with Gasteiger partial charge in [-0.25, -0.2) is 0 Å². The van der Waals surface area contributed by atoms with Gasteiger partial charge >= 0.3 is 161 Å². The Hall–Kier alpha value is -0.821. The molecule has 0 radical (unpaired) electrons. The van der Waals surface area contributed by atoms with E-state index >= 15 is 0 Å². The van der Waals surface area contributed by atoms with E-state index in [1.807, 2.05) is 12.1 Å². The minimum absolute atomic E-state index is 0.508. The Morgan fingerprint density at radius 3 is 2.19 bits per heavy atom. The van der Waals surface area contributed by atoms with Gasteiger partial charge in [0.05, 0.1) is 0 Å². The molecule has 1 saturated heterocycles. The molecule has 6 heteroatoms. The molecule has 0 spiro atoms. The summed E-state index contributed by atoms with van der Waals surface area (Å²) >= 11 is -2.15. The molecular formula is C20H32FNO3Sn. The molecule has 4 nitrogen and oxygen atoms in total. The minimum atomic E-state index is -2.15. The molecule has 1 aromatic carbocycles. The third-order valence-electron chi connectivity index (χ3n) is 4.53. The Balaban J connectivity index is 2.32. The normalized spacial score (nSPS) is 23.2. The average Bonchev–Trinajstić information content (AvgIpc) is 2.75. The molecule has 0 saturated carbocycles. The van der Waals surface area contributed by atoms with Crippen molar-refractivity contribution in [2.24, 2.45) is 0 Å². The number of benzene rings is 1. The number of halogens is 1. The van der Waals surface area contributed by atoms with Crippen molar-refractivity contribution >= 4 is 28.0 Å². The van der Waals surface area contributed by atoms with Crippen molar-refractivity contribution in [3.8, 4) is 0 Å². The number of rotatable bonds is 3. The number of ether oxygens (including phenoxy) is 2. The first-order valence-electron chi connectivity index (χ1n) is 9.13. The van der Waals surface area contributed by atoms with Crippen molar-refractivity contribution in [3.63, 3.8) is 0 Å². The molecule has 0 aromatic heterocycles. The molecule has 1 aromatic rings. The maximum atomic E-state index is 14.0. The second-order valence-electron chi connectivity index (χ2n) is 9.43. The van der Waals surface area contributed by atoms with Crippen molar-refractivity contribution in [2.75, 3.05) is 6.67 Å². The second kappa shape index (κ2) is 7.30. The zero-order chi connectivity index (χ0) is 19.9. The zero-order valence-electron chi connectivity index (χ0n) is 17.2. The Kier molecular flexibility index (Phi) is 6.03. The average molecular weight is 472 g/mol. The number of carbonyl (C=O) groups is 1. The van der Waals surface area contributed by atoms with Gasteiger partial charge in [0.2, 0.25) is 0 Å². The summed E-state index contributed by atoms with van der Waals surface area (Å²) in [6.07, 6.45) is -1.05. The van der Waals surface area contributed by atoms with Gasteiger partial charge in [-0.3, -0.25) is 0 Å². The summed E-state index contributed by atoms with van der Waals surface area (Å²) in [5, 5.41) is 0. The van der Waals surface area contributed by atoms with Crippen molar-refractivity contribution in [3.05, 3.63) is 29.8 Å². The third kappa shape index (κ3) is 4.71. The third-order valence-corrected chi connectivity index (χ3v) is 10.4. The number of alkyl halides is 1. The first-order chi connectivity index (χ1) is 11.8. The van der Waals surface area contributed by atoms with E-state index in [9.17, 15) is 9.18 Å². The first kappa shape index (κ1) is 21.5. The van der Waals surface area contributed by atoms with Crippen molar-refractivity contribution < 1.29 is 18.7 Å². The van der Waals surface area contributed by atoms with E-state index < -0.39 is 54.6 Å². The Morgan fingerprint density at radius 1 is 1.23 bits per heavy atom. The van der Waals surface area contributed by atoms with Gasteiger partial charge in [0.25, 0.3) is 0 Å². The van der Waals surface area contributed by atoms with Crippen LogP contribution in [-0.4, -0.2) is 53.4 Å². The fraction of sp³-hybridized carbons (Fsp3) is 0.650. The van der Waals surface area contributed by atoms with Gasteiger partial charge in [0, 0.05) is 0 Å². The number of carbonyl (C=O) groups excluding carboxylic acids is 1. The molecule has 146 valence electrons. The molecule has 0 N–H and O–H groups in total. The number of nitrogens with zero attached hydrogens (tertiary/aromatic N) is 1. The number of amides is 1. The standard InChI is InChI=1S/C17H23FNO3.3CH3.Sn/c1-16(2,3)22-15(20)19-13(11-18)14(21-17(19,4)5)12-9-7-6-8-10-12;;;;/h7-10,13-14H,11H2,1-5H3;3*1H3;. The molecule has 1 heterocycles.